The van der Waals surface area contributed by atoms with Crippen LogP contribution in [-0.4, -0.2) is 32.8 Å². The van der Waals surface area contributed by atoms with Crippen molar-refractivity contribution in [1.29, 1.82) is 0 Å². The summed E-state index contributed by atoms with van der Waals surface area (Å²) in [5.41, 5.74) is 2.28. The number of ether oxygens (including phenoxy) is 1. The number of methoxy groups -OCH3 is 1. The zero-order valence-electron chi connectivity index (χ0n) is 17.4. The number of H-pyrrole nitrogens is 1. The molecule has 3 aromatic heterocycles. The van der Waals surface area contributed by atoms with Gasteiger partial charge in [-0.05, 0) is 62.1 Å². The summed E-state index contributed by atoms with van der Waals surface area (Å²) in [5.74, 6) is 1.46. The van der Waals surface area contributed by atoms with Crippen LogP contribution < -0.4 is 15.6 Å². The Morgan fingerprint density at radius 2 is 2.00 bits per heavy atom. The highest BCUT2D eigenvalue weighted by molar-refractivity contribution is 6.04. The van der Waals surface area contributed by atoms with Crippen molar-refractivity contribution in [3.8, 4) is 23.2 Å². The van der Waals surface area contributed by atoms with Crippen LogP contribution in [0.4, 0.5) is 5.82 Å². The number of nitrogens with one attached hydrogen (secondary N) is 2. The molecule has 4 aromatic rings. The van der Waals surface area contributed by atoms with Gasteiger partial charge in [0.15, 0.2) is 5.76 Å². The number of carbonyl (C=O) groups is 1. The lowest BCUT2D eigenvalue weighted by Gasteiger charge is -2.15. The molecule has 0 saturated carbocycles. The number of fused-ring (bicyclic) bond motifs is 1. The smallest absolute Gasteiger partial charge is 0.256 e. The molecule has 0 fully saturated rings. The second-order valence-corrected chi connectivity index (χ2v) is 7.51. The minimum absolute atomic E-state index is 0.174. The molecule has 5 rings (SSSR count). The lowest BCUT2D eigenvalue weighted by atomic mass is 9.97. The molecule has 162 valence electrons. The minimum Gasteiger partial charge on any atom is -0.497 e. The van der Waals surface area contributed by atoms with Gasteiger partial charge in [-0.2, -0.15) is 9.78 Å². The molecule has 9 nitrogen and oxygen atoms in total. The maximum atomic E-state index is 12.9. The first kappa shape index (κ1) is 19.8. The van der Waals surface area contributed by atoms with Crippen molar-refractivity contribution >= 4 is 11.7 Å². The van der Waals surface area contributed by atoms with E-state index in [0.717, 1.165) is 36.9 Å². The number of carbonyl (C=O) groups excluding carboxylic acids is 1. The molecule has 0 bridgehead atoms. The number of aryl methyl sites for hydroxylation is 1. The maximum absolute atomic E-state index is 12.9. The number of furan rings is 1. The molecule has 0 radical (unpaired) electrons. The first-order valence-corrected chi connectivity index (χ1v) is 10.3. The number of rotatable bonds is 5. The van der Waals surface area contributed by atoms with Crippen molar-refractivity contribution in [1.82, 2.24) is 19.7 Å². The van der Waals surface area contributed by atoms with Gasteiger partial charge in [0.1, 0.15) is 17.3 Å². The number of hydrogen-bond donors (Lipinski definition) is 2. The molecule has 1 aromatic carbocycles. The highest BCUT2D eigenvalue weighted by atomic mass is 16.5. The highest BCUT2D eigenvalue weighted by Gasteiger charge is 2.21. The van der Waals surface area contributed by atoms with Crippen LogP contribution in [0.15, 0.2) is 57.9 Å². The molecular formula is C23H21N5O4. The number of benzene rings is 1. The molecule has 0 unspecified atom stereocenters. The van der Waals surface area contributed by atoms with Gasteiger partial charge in [0.05, 0.1) is 19.1 Å². The van der Waals surface area contributed by atoms with E-state index in [-0.39, 0.29) is 17.4 Å². The van der Waals surface area contributed by atoms with Crippen LogP contribution >= 0.6 is 0 Å². The molecule has 0 atom stereocenters. The summed E-state index contributed by atoms with van der Waals surface area (Å²) in [7, 11) is 1.57. The lowest BCUT2D eigenvalue weighted by molar-refractivity contribution is 0.102. The molecule has 3 heterocycles. The van der Waals surface area contributed by atoms with Crippen molar-refractivity contribution < 1.29 is 13.9 Å². The largest absolute Gasteiger partial charge is 0.497 e. The number of nitrogens with zero attached hydrogens (tertiary/aromatic N) is 3. The summed E-state index contributed by atoms with van der Waals surface area (Å²) in [6.07, 6.45) is 4.97. The van der Waals surface area contributed by atoms with Crippen LogP contribution in [0.3, 0.4) is 0 Å². The Labute approximate surface area is 183 Å². The normalized spacial score (nSPS) is 12.9. The van der Waals surface area contributed by atoms with E-state index in [1.165, 1.54) is 4.68 Å². The average molecular weight is 431 g/mol. The summed E-state index contributed by atoms with van der Waals surface area (Å²) < 4.78 is 12.0. The molecule has 1 aliphatic carbocycles. The van der Waals surface area contributed by atoms with Gasteiger partial charge in [-0.15, -0.1) is 0 Å². The summed E-state index contributed by atoms with van der Waals surface area (Å²) in [4.78, 5) is 33.0. The Morgan fingerprint density at radius 1 is 1.19 bits per heavy atom. The fourth-order valence-corrected chi connectivity index (χ4v) is 3.80. The fraction of sp³-hybridized carbons (Fsp3) is 0.217. The van der Waals surface area contributed by atoms with Gasteiger partial charge < -0.3 is 14.5 Å². The Morgan fingerprint density at radius 3 is 2.75 bits per heavy atom. The summed E-state index contributed by atoms with van der Waals surface area (Å²) >= 11 is 0. The van der Waals surface area contributed by atoms with Crippen molar-refractivity contribution in [3.63, 3.8) is 0 Å². The zero-order chi connectivity index (χ0) is 22.1. The van der Waals surface area contributed by atoms with Crippen LogP contribution in [0.5, 0.6) is 5.75 Å². The molecule has 0 saturated heterocycles. The molecular weight excluding hydrogens is 410 g/mol. The first-order chi connectivity index (χ1) is 15.6. The highest BCUT2D eigenvalue weighted by Crippen LogP contribution is 2.25. The van der Waals surface area contributed by atoms with Crippen LogP contribution in [0.2, 0.25) is 0 Å². The third-order valence-electron chi connectivity index (χ3n) is 5.46. The molecule has 32 heavy (non-hydrogen) atoms. The predicted molar refractivity (Wildman–Crippen MR) is 117 cm³/mol. The van der Waals surface area contributed by atoms with E-state index in [1.807, 2.05) is 0 Å². The zero-order valence-corrected chi connectivity index (χ0v) is 17.4. The van der Waals surface area contributed by atoms with Gasteiger partial charge in [0, 0.05) is 17.2 Å². The van der Waals surface area contributed by atoms with E-state index >= 15 is 0 Å². The molecule has 1 amide bonds. The monoisotopic (exact) mass is 431 g/mol. The molecule has 9 heteroatoms. The molecule has 2 N–H and O–H groups in total. The number of aromatic amines is 1. The van der Waals surface area contributed by atoms with Crippen molar-refractivity contribution in [2.45, 2.75) is 25.7 Å². The van der Waals surface area contributed by atoms with Gasteiger partial charge >= 0.3 is 0 Å². The van der Waals surface area contributed by atoms with Gasteiger partial charge in [-0.25, -0.2) is 4.98 Å². The third kappa shape index (κ3) is 3.68. The number of aromatic nitrogens is 4. The van der Waals surface area contributed by atoms with E-state index in [1.54, 1.807) is 55.8 Å². The van der Waals surface area contributed by atoms with E-state index in [9.17, 15) is 9.59 Å². The van der Waals surface area contributed by atoms with Gasteiger partial charge in [-0.1, -0.05) is 0 Å². The maximum Gasteiger partial charge on any atom is 0.256 e. The second-order valence-electron chi connectivity index (χ2n) is 7.51. The lowest BCUT2D eigenvalue weighted by Crippen LogP contribution is -2.24. The molecule has 0 spiro atoms. The minimum atomic E-state index is -0.333. The number of amides is 1. The third-order valence-corrected chi connectivity index (χ3v) is 5.46. The standard InChI is InChI=1S/C23H21N5O4/c1-31-15-10-8-14(9-11-15)21(29)25-20-13-18(19-7-4-12-32-19)27-28(20)23-24-17-6-3-2-5-16(17)22(30)26-23/h4,7-13H,2-3,5-6H2,1H3,(H,25,29)(H,24,26,30). The summed E-state index contributed by atoms with van der Waals surface area (Å²) in [6, 6.07) is 12.0. The Bertz CT molecular complexity index is 1320. The second kappa shape index (κ2) is 8.18. The van der Waals surface area contributed by atoms with E-state index < -0.39 is 0 Å². The fourth-order valence-electron chi connectivity index (χ4n) is 3.80. The van der Waals surface area contributed by atoms with Crippen LogP contribution in [0, 0.1) is 0 Å². The van der Waals surface area contributed by atoms with Crippen LogP contribution in [0.1, 0.15) is 34.5 Å². The SMILES string of the molecule is COc1ccc(C(=O)Nc2cc(-c3ccco3)nn2-c2nc3c(c(=O)[nH]2)CCCC3)cc1. The van der Waals surface area contributed by atoms with Crippen molar-refractivity contribution in [2.24, 2.45) is 0 Å². The first-order valence-electron chi connectivity index (χ1n) is 10.3. The van der Waals surface area contributed by atoms with E-state index in [0.29, 0.717) is 28.6 Å². The summed E-state index contributed by atoms with van der Waals surface area (Å²) in [6.45, 7) is 0. The van der Waals surface area contributed by atoms with E-state index in [4.69, 9.17) is 9.15 Å². The van der Waals surface area contributed by atoms with Crippen molar-refractivity contribution in [3.05, 3.63) is 75.9 Å². The number of anilines is 1. The molecule has 1 aliphatic rings. The Hall–Kier alpha value is -4.14. The predicted octanol–water partition coefficient (Wildman–Crippen LogP) is 3.36. The summed E-state index contributed by atoms with van der Waals surface area (Å²) in [5, 5.41) is 7.40. The van der Waals surface area contributed by atoms with Crippen LogP contribution in [-0.2, 0) is 12.8 Å². The van der Waals surface area contributed by atoms with Gasteiger partial charge in [-0.3, -0.25) is 14.6 Å². The Kier molecular flexibility index (Phi) is 5.06. The quantitative estimate of drug-likeness (QED) is 0.501. The number of hydrogen-bond acceptors (Lipinski definition) is 6. The van der Waals surface area contributed by atoms with Gasteiger partial charge in [0.2, 0.25) is 5.95 Å². The van der Waals surface area contributed by atoms with Gasteiger partial charge in [0.25, 0.3) is 11.5 Å². The molecule has 0 aliphatic heterocycles. The van der Waals surface area contributed by atoms with Crippen molar-refractivity contribution in [2.75, 3.05) is 12.4 Å². The Balaban J connectivity index is 1.55. The van der Waals surface area contributed by atoms with Crippen LogP contribution in [0.25, 0.3) is 17.4 Å². The average Bonchev–Trinajstić information content (AvgIpc) is 3.49. The van der Waals surface area contributed by atoms with E-state index in [2.05, 4.69) is 20.4 Å². The topological polar surface area (TPSA) is 115 Å².